The Kier molecular flexibility index (Phi) is 5.01. The number of hydrogen-bond donors (Lipinski definition) is 1. The number of carbonyl (C=O) groups excluding carboxylic acids is 2. The fraction of sp³-hybridized carbons (Fsp3) is 0.143. The number of aromatic nitrogens is 3. The zero-order valence-corrected chi connectivity index (χ0v) is 16.2. The van der Waals surface area contributed by atoms with Crippen LogP contribution in [0.2, 0.25) is 0 Å². The topological polar surface area (TPSA) is 99.2 Å². The molecule has 0 atom stereocenters. The lowest BCUT2D eigenvalue weighted by Crippen LogP contribution is -2.17. The predicted molar refractivity (Wildman–Crippen MR) is 107 cm³/mol. The minimum absolute atomic E-state index is 0.147. The normalized spacial score (nSPS) is 10.9. The second kappa shape index (κ2) is 7.78. The van der Waals surface area contributed by atoms with Gasteiger partial charge in [-0.25, -0.2) is 13.8 Å². The van der Waals surface area contributed by atoms with E-state index >= 15 is 0 Å². The third-order valence-electron chi connectivity index (χ3n) is 4.54. The van der Waals surface area contributed by atoms with Crippen molar-refractivity contribution in [3.63, 3.8) is 0 Å². The molecule has 0 aliphatic carbocycles. The van der Waals surface area contributed by atoms with Crippen molar-refractivity contribution in [2.45, 2.75) is 6.92 Å². The largest absolute Gasteiger partial charge is 0.461 e. The van der Waals surface area contributed by atoms with Crippen molar-refractivity contribution in [3.05, 3.63) is 65.7 Å². The number of rotatable bonds is 5. The van der Waals surface area contributed by atoms with E-state index in [1.807, 2.05) is 0 Å². The fourth-order valence-electron chi connectivity index (χ4n) is 3.18. The summed E-state index contributed by atoms with van der Waals surface area (Å²) in [6, 6.07) is 10.6. The fourth-order valence-corrected chi connectivity index (χ4v) is 3.18. The van der Waals surface area contributed by atoms with E-state index in [2.05, 4.69) is 20.3 Å². The first-order valence-electron chi connectivity index (χ1n) is 9.14. The lowest BCUT2D eigenvalue weighted by atomic mass is 10.1. The summed E-state index contributed by atoms with van der Waals surface area (Å²) in [5, 5.41) is 10.2. The highest BCUT2D eigenvalue weighted by Crippen LogP contribution is 2.34. The van der Waals surface area contributed by atoms with Crippen LogP contribution in [0.3, 0.4) is 0 Å². The maximum atomic E-state index is 13.8. The average Bonchev–Trinajstić information content (AvgIpc) is 3.31. The number of aryl methyl sites for hydroxylation is 1. The minimum atomic E-state index is -0.603. The first-order valence-corrected chi connectivity index (χ1v) is 9.14. The lowest BCUT2D eigenvalue weighted by molar-refractivity contribution is 0.0516. The Balaban J connectivity index is 1.79. The zero-order valence-electron chi connectivity index (χ0n) is 16.2. The second-order valence-corrected chi connectivity index (χ2v) is 6.53. The Morgan fingerprint density at radius 1 is 1.17 bits per heavy atom. The van der Waals surface area contributed by atoms with Crippen LogP contribution in [-0.2, 0) is 11.8 Å². The molecule has 4 rings (SSSR count). The van der Waals surface area contributed by atoms with Crippen LogP contribution in [0.4, 0.5) is 10.1 Å². The summed E-state index contributed by atoms with van der Waals surface area (Å²) >= 11 is 0. The average molecular weight is 408 g/mol. The molecule has 1 N–H and O–H groups in total. The molecular weight excluding hydrogens is 391 g/mol. The Morgan fingerprint density at radius 3 is 2.73 bits per heavy atom. The van der Waals surface area contributed by atoms with Gasteiger partial charge in [-0.15, -0.1) is 0 Å². The molecule has 2 aromatic heterocycles. The molecule has 2 heterocycles. The van der Waals surface area contributed by atoms with Crippen LogP contribution in [0.1, 0.15) is 27.8 Å². The van der Waals surface area contributed by atoms with E-state index in [0.717, 1.165) is 0 Å². The highest BCUT2D eigenvalue weighted by Gasteiger charge is 2.24. The van der Waals surface area contributed by atoms with Crippen LogP contribution in [0.15, 0.2) is 53.3 Å². The van der Waals surface area contributed by atoms with Crippen LogP contribution in [0, 0.1) is 5.82 Å². The van der Waals surface area contributed by atoms with Gasteiger partial charge in [0, 0.05) is 24.4 Å². The zero-order chi connectivity index (χ0) is 21.3. The molecule has 30 heavy (non-hydrogen) atoms. The van der Waals surface area contributed by atoms with Gasteiger partial charge in [0.2, 0.25) is 0 Å². The summed E-state index contributed by atoms with van der Waals surface area (Å²) in [4.78, 5) is 25.5. The number of benzene rings is 2. The van der Waals surface area contributed by atoms with Gasteiger partial charge in [0.25, 0.3) is 5.91 Å². The third-order valence-corrected chi connectivity index (χ3v) is 4.54. The van der Waals surface area contributed by atoms with E-state index in [4.69, 9.17) is 4.74 Å². The van der Waals surface area contributed by atoms with E-state index in [1.54, 1.807) is 49.0 Å². The van der Waals surface area contributed by atoms with Crippen LogP contribution >= 0.6 is 0 Å². The molecule has 8 nitrogen and oxygen atoms in total. The first-order chi connectivity index (χ1) is 14.5. The van der Waals surface area contributed by atoms with Crippen molar-refractivity contribution in [2.24, 2.45) is 7.05 Å². The Morgan fingerprint density at radius 2 is 1.97 bits per heavy atom. The standard InChI is InChI=1S/C21H17FN4O4/c1-3-29-21(28)19-18(15(11-26(19)2)12-5-4-6-14(22)9-12)23-20(27)13-7-8-16-17(10-13)25-30-24-16/h4-11H,3H2,1-2H3,(H,23,27). The van der Waals surface area contributed by atoms with Crippen LogP contribution < -0.4 is 5.32 Å². The van der Waals surface area contributed by atoms with E-state index in [0.29, 0.717) is 27.7 Å². The van der Waals surface area contributed by atoms with Crippen molar-refractivity contribution >= 4 is 28.6 Å². The number of ether oxygens (including phenoxy) is 1. The maximum absolute atomic E-state index is 13.8. The Labute approximate surface area is 170 Å². The van der Waals surface area contributed by atoms with Crippen LogP contribution in [-0.4, -0.2) is 33.4 Å². The van der Waals surface area contributed by atoms with E-state index in [9.17, 15) is 14.0 Å². The van der Waals surface area contributed by atoms with Gasteiger partial charge in [-0.2, -0.15) is 0 Å². The van der Waals surface area contributed by atoms with E-state index in [-0.39, 0.29) is 18.0 Å². The molecule has 0 saturated carbocycles. The van der Waals surface area contributed by atoms with Gasteiger partial charge in [-0.05, 0) is 53.1 Å². The van der Waals surface area contributed by atoms with Gasteiger partial charge in [-0.3, -0.25) is 4.79 Å². The number of fused-ring (bicyclic) bond motifs is 1. The predicted octanol–water partition coefficient (Wildman–Crippen LogP) is 3.80. The number of nitrogens with zero attached hydrogens (tertiary/aromatic N) is 3. The summed E-state index contributed by atoms with van der Waals surface area (Å²) in [5.74, 6) is -1.52. The summed E-state index contributed by atoms with van der Waals surface area (Å²) in [5.41, 5.74) is 2.59. The van der Waals surface area contributed by atoms with Gasteiger partial charge in [0.05, 0.1) is 12.3 Å². The number of nitrogens with one attached hydrogen (secondary N) is 1. The van der Waals surface area contributed by atoms with Crippen molar-refractivity contribution in [2.75, 3.05) is 11.9 Å². The van der Waals surface area contributed by atoms with Crippen LogP contribution in [0.25, 0.3) is 22.2 Å². The van der Waals surface area contributed by atoms with Crippen molar-refractivity contribution < 1.29 is 23.3 Å². The number of carbonyl (C=O) groups is 2. The molecular formula is C21H17FN4O4. The molecule has 0 aliphatic rings. The molecule has 1 amide bonds. The van der Waals surface area contributed by atoms with Gasteiger partial charge < -0.3 is 14.6 Å². The molecule has 152 valence electrons. The molecule has 4 aromatic rings. The monoisotopic (exact) mass is 408 g/mol. The summed E-state index contributed by atoms with van der Waals surface area (Å²) < 4.78 is 25.1. The molecule has 0 aliphatic heterocycles. The molecule has 0 spiro atoms. The van der Waals surface area contributed by atoms with Crippen molar-refractivity contribution in [1.29, 1.82) is 0 Å². The molecule has 0 unspecified atom stereocenters. The van der Waals surface area contributed by atoms with Crippen molar-refractivity contribution in [1.82, 2.24) is 14.9 Å². The Bertz CT molecular complexity index is 1260. The van der Waals surface area contributed by atoms with E-state index < -0.39 is 17.7 Å². The second-order valence-electron chi connectivity index (χ2n) is 6.53. The quantitative estimate of drug-likeness (QED) is 0.505. The van der Waals surface area contributed by atoms with Gasteiger partial charge in [0.15, 0.2) is 5.69 Å². The number of halogens is 1. The lowest BCUT2D eigenvalue weighted by Gasteiger charge is -2.11. The molecule has 9 heteroatoms. The van der Waals surface area contributed by atoms with Crippen LogP contribution in [0.5, 0.6) is 0 Å². The highest BCUT2D eigenvalue weighted by atomic mass is 19.1. The number of anilines is 1. The first kappa shape index (κ1) is 19.3. The smallest absolute Gasteiger partial charge is 0.357 e. The van der Waals surface area contributed by atoms with Gasteiger partial charge in [-0.1, -0.05) is 12.1 Å². The maximum Gasteiger partial charge on any atom is 0.357 e. The molecule has 0 radical (unpaired) electrons. The van der Waals surface area contributed by atoms with Crippen molar-refractivity contribution in [3.8, 4) is 11.1 Å². The summed E-state index contributed by atoms with van der Waals surface area (Å²) in [6.07, 6.45) is 1.64. The van der Waals surface area contributed by atoms with Gasteiger partial charge in [0.1, 0.15) is 16.9 Å². The summed E-state index contributed by atoms with van der Waals surface area (Å²) in [6.45, 7) is 1.86. The number of hydrogen-bond acceptors (Lipinski definition) is 6. The molecule has 2 aromatic carbocycles. The van der Waals surface area contributed by atoms with Gasteiger partial charge >= 0.3 is 5.97 Å². The molecule has 0 fully saturated rings. The number of amides is 1. The third kappa shape index (κ3) is 3.52. The highest BCUT2D eigenvalue weighted by molar-refractivity contribution is 6.11. The van der Waals surface area contributed by atoms with E-state index in [1.165, 1.54) is 18.2 Å². The number of esters is 1. The minimum Gasteiger partial charge on any atom is -0.461 e. The molecule has 0 bridgehead atoms. The summed E-state index contributed by atoms with van der Waals surface area (Å²) in [7, 11) is 1.65. The molecule has 0 saturated heterocycles. The Hall–Kier alpha value is -4.01. The SMILES string of the molecule is CCOC(=O)c1c(NC(=O)c2ccc3nonc3c2)c(-c2cccc(F)c2)cn1C.